The van der Waals surface area contributed by atoms with Gasteiger partial charge in [-0.05, 0) is 12.8 Å². The molecule has 0 atom stereocenters. The first kappa shape index (κ1) is 11.9. The summed E-state index contributed by atoms with van der Waals surface area (Å²) >= 11 is 0. The number of hydrogen-bond acceptors (Lipinski definition) is 4. The first-order valence-electron chi connectivity index (χ1n) is 7.12. The smallest absolute Gasteiger partial charge is 0.136 e. The third-order valence-corrected chi connectivity index (χ3v) is 4.31. The van der Waals surface area contributed by atoms with Gasteiger partial charge in [-0.25, -0.2) is 9.97 Å². The summed E-state index contributed by atoms with van der Waals surface area (Å²) in [7, 11) is 2.20. The molecule has 2 aliphatic rings. The van der Waals surface area contributed by atoms with Gasteiger partial charge < -0.3 is 10.2 Å². The highest BCUT2D eigenvalue weighted by atomic mass is 15.2. The number of nitrogens with one attached hydrogen (secondary N) is 1. The van der Waals surface area contributed by atoms with Crippen LogP contribution in [0.2, 0.25) is 0 Å². The Labute approximate surface area is 109 Å². The molecular weight excluding hydrogens is 224 g/mol. The molecule has 1 aliphatic heterocycles. The van der Waals surface area contributed by atoms with Crippen molar-refractivity contribution in [3.8, 4) is 0 Å². The van der Waals surface area contributed by atoms with E-state index in [9.17, 15) is 0 Å². The van der Waals surface area contributed by atoms with Crippen LogP contribution < -0.4 is 10.2 Å². The molecule has 1 aliphatic carbocycles. The summed E-state index contributed by atoms with van der Waals surface area (Å²) in [5.74, 6) is 1.15. The van der Waals surface area contributed by atoms with Crippen molar-refractivity contribution in [2.75, 3.05) is 18.5 Å². The van der Waals surface area contributed by atoms with E-state index in [1.54, 1.807) is 6.33 Å². The molecule has 0 amide bonds. The minimum absolute atomic E-state index is 0.666. The molecule has 0 bridgehead atoms. The Kier molecular flexibility index (Phi) is 3.46. The highest BCUT2D eigenvalue weighted by molar-refractivity contribution is 5.49. The molecule has 0 aromatic carbocycles. The standard InChI is InChI=1S/C14H22N4/c1-18(11-5-3-2-4-6-11)14-12-9-15-8-7-13(12)16-10-17-14/h10-11,15H,2-9H2,1H3. The number of anilines is 1. The van der Waals surface area contributed by atoms with E-state index in [0.717, 1.165) is 25.3 Å². The molecule has 18 heavy (non-hydrogen) atoms. The van der Waals surface area contributed by atoms with Crippen molar-refractivity contribution in [2.24, 2.45) is 0 Å². The topological polar surface area (TPSA) is 41.1 Å². The molecule has 4 nitrogen and oxygen atoms in total. The van der Waals surface area contributed by atoms with Gasteiger partial charge in [0, 0.05) is 38.2 Å². The van der Waals surface area contributed by atoms with Gasteiger partial charge in [0.05, 0.1) is 5.69 Å². The lowest BCUT2D eigenvalue weighted by Crippen LogP contribution is -2.36. The lowest BCUT2D eigenvalue weighted by atomic mass is 9.94. The molecule has 1 saturated carbocycles. The van der Waals surface area contributed by atoms with Gasteiger partial charge in [0.15, 0.2) is 0 Å². The number of rotatable bonds is 2. The largest absolute Gasteiger partial charge is 0.356 e. The van der Waals surface area contributed by atoms with E-state index in [4.69, 9.17) is 0 Å². The molecule has 1 fully saturated rings. The van der Waals surface area contributed by atoms with E-state index < -0.39 is 0 Å². The number of aromatic nitrogens is 2. The normalized spacial score (nSPS) is 20.5. The van der Waals surface area contributed by atoms with Gasteiger partial charge in [0.25, 0.3) is 0 Å². The summed E-state index contributed by atoms with van der Waals surface area (Å²) in [6.45, 7) is 1.96. The summed E-state index contributed by atoms with van der Waals surface area (Å²) in [5.41, 5.74) is 2.55. The Bertz CT molecular complexity index is 412. The van der Waals surface area contributed by atoms with E-state index in [1.807, 2.05) is 0 Å². The van der Waals surface area contributed by atoms with E-state index >= 15 is 0 Å². The third kappa shape index (κ3) is 2.21. The Balaban J connectivity index is 1.86. The lowest BCUT2D eigenvalue weighted by Gasteiger charge is -2.34. The Morgan fingerprint density at radius 2 is 2.06 bits per heavy atom. The monoisotopic (exact) mass is 246 g/mol. The third-order valence-electron chi connectivity index (χ3n) is 4.31. The highest BCUT2D eigenvalue weighted by Crippen LogP contribution is 2.28. The SMILES string of the molecule is CN(c1ncnc2c1CNCC2)C1CCCCC1. The molecule has 0 radical (unpaired) electrons. The molecule has 1 aromatic rings. The second-order valence-electron chi connectivity index (χ2n) is 5.45. The molecule has 1 aromatic heterocycles. The fraction of sp³-hybridized carbons (Fsp3) is 0.714. The zero-order chi connectivity index (χ0) is 12.4. The molecule has 98 valence electrons. The van der Waals surface area contributed by atoms with Crippen molar-refractivity contribution in [3.05, 3.63) is 17.6 Å². The summed E-state index contributed by atoms with van der Waals surface area (Å²) in [5, 5.41) is 3.43. The van der Waals surface area contributed by atoms with E-state index in [-0.39, 0.29) is 0 Å². The zero-order valence-corrected chi connectivity index (χ0v) is 11.2. The molecule has 0 unspecified atom stereocenters. The van der Waals surface area contributed by atoms with Crippen molar-refractivity contribution in [3.63, 3.8) is 0 Å². The fourth-order valence-corrected chi connectivity index (χ4v) is 3.20. The second-order valence-corrected chi connectivity index (χ2v) is 5.45. The van der Waals surface area contributed by atoms with Crippen molar-refractivity contribution >= 4 is 5.82 Å². The average Bonchev–Trinajstić information content (AvgIpc) is 2.47. The number of hydrogen-bond donors (Lipinski definition) is 1. The minimum atomic E-state index is 0.666. The molecule has 0 saturated heterocycles. The molecule has 2 heterocycles. The minimum Gasteiger partial charge on any atom is -0.356 e. The van der Waals surface area contributed by atoms with Gasteiger partial charge in [-0.2, -0.15) is 0 Å². The second kappa shape index (κ2) is 5.22. The maximum absolute atomic E-state index is 4.54. The van der Waals surface area contributed by atoms with Gasteiger partial charge >= 0.3 is 0 Å². The zero-order valence-electron chi connectivity index (χ0n) is 11.2. The van der Waals surface area contributed by atoms with Crippen LogP contribution >= 0.6 is 0 Å². The van der Waals surface area contributed by atoms with Crippen LogP contribution in [0.15, 0.2) is 6.33 Å². The fourth-order valence-electron chi connectivity index (χ4n) is 3.20. The molecule has 1 N–H and O–H groups in total. The molecule has 4 heteroatoms. The van der Waals surface area contributed by atoms with Crippen LogP contribution in [-0.4, -0.2) is 29.6 Å². The van der Waals surface area contributed by atoms with Crippen molar-refractivity contribution in [2.45, 2.75) is 51.1 Å². The van der Waals surface area contributed by atoms with Crippen LogP contribution in [0.1, 0.15) is 43.4 Å². The first-order valence-corrected chi connectivity index (χ1v) is 7.12. The number of nitrogens with zero attached hydrogens (tertiary/aromatic N) is 3. The van der Waals surface area contributed by atoms with Crippen LogP contribution in [0.25, 0.3) is 0 Å². The van der Waals surface area contributed by atoms with Crippen molar-refractivity contribution in [1.29, 1.82) is 0 Å². The van der Waals surface area contributed by atoms with Crippen molar-refractivity contribution in [1.82, 2.24) is 15.3 Å². The Morgan fingerprint density at radius 1 is 1.22 bits per heavy atom. The van der Waals surface area contributed by atoms with Crippen LogP contribution in [0.3, 0.4) is 0 Å². The summed E-state index contributed by atoms with van der Waals surface area (Å²) < 4.78 is 0. The van der Waals surface area contributed by atoms with Crippen molar-refractivity contribution < 1.29 is 0 Å². The Hall–Kier alpha value is -1.16. The average molecular weight is 246 g/mol. The summed E-state index contributed by atoms with van der Waals surface area (Å²) in [6, 6.07) is 0.666. The molecule has 0 spiro atoms. The van der Waals surface area contributed by atoms with Gasteiger partial charge in [-0.15, -0.1) is 0 Å². The van der Waals surface area contributed by atoms with Gasteiger partial charge in [0.1, 0.15) is 12.1 Å². The maximum Gasteiger partial charge on any atom is 0.136 e. The molecule has 3 rings (SSSR count). The predicted octanol–water partition coefficient (Wildman–Crippen LogP) is 1.89. The maximum atomic E-state index is 4.54. The summed E-state index contributed by atoms with van der Waals surface area (Å²) in [4.78, 5) is 11.4. The van der Waals surface area contributed by atoms with Crippen LogP contribution in [0, 0.1) is 0 Å². The van der Waals surface area contributed by atoms with E-state index in [2.05, 4.69) is 27.2 Å². The predicted molar refractivity (Wildman–Crippen MR) is 72.7 cm³/mol. The van der Waals surface area contributed by atoms with E-state index in [1.165, 1.54) is 43.4 Å². The van der Waals surface area contributed by atoms with Crippen LogP contribution in [-0.2, 0) is 13.0 Å². The van der Waals surface area contributed by atoms with Gasteiger partial charge in [0.2, 0.25) is 0 Å². The lowest BCUT2D eigenvalue weighted by molar-refractivity contribution is 0.424. The number of fused-ring (bicyclic) bond motifs is 1. The molecular formula is C14H22N4. The van der Waals surface area contributed by atoms with Gasteiger partial charge in [-0.3, -0.25) is 0 Å². The van der Waals surface area contributed by atoms with Crippen LogP contribution in [0.4, 0.5) is 5.82 Å². The van der Waals surface area contributed by atoms with E-state index in [0.29, 0.717) is 6.04 Å². The Morgan fingerprint density at radius 3 is 2.89 bits per heavy atom. The van der Waals surface area contributed by atoms with Gasteiger partial charge in [-0.1, -0.05) is 19.3 Å². The first-order chi connectivity index (χ1) is 8.86. The van der Waals surface area contributed by atoms with Crippen LogP contribution in [0.5, 0.6) is 0 Å². The quantitative estimate of drug-likeness (QED) is 0.865. The highest BCUT2D eigenvalue weighted by Gasteiger charge is 2.23. The summed E-state index contributed by atoms with van der Waals surface area (Å²) in [6.07, 6.45) is 9.50.